The maximum atomic E-state index is 13.4. The van der Waals surface area contributed by atoms with E-state index < -0.39 is 8.32 Å². The molecule has 1 heterocycles. The number of methoxy groups -OCH3 is 1. The maximum absolute atomic E-state index is 13.4. The lowest BCUT2D eigenvalue weighted by Crippen LogP contribution is -2.45. The molecule has 168 valence electrons. The number of carbonyl (C=O) groups is 1. The first kappa shape index (κ1) is 23.8. The second kappa shape index (κ2) is 9.34. The Balaban J connectivity index is 1.85. The predicted molar refractivity (Wildman–Crippen MR) is 132 cm³/mol. The maximum Gasteiger partial charge on any atom is 0.325 e. The molecule has 1 saturated heterocycles. The molecule has 0 spiro atoms. The molecule has 0 saturated carbocycles. The normalized spacial score (nSPS) is 17.4. The van der Waals surface area contributed by atoms with Crippen molar-refractivity contribution in [2.24, 2.45) is 0 Å². The van der Waals surface area contributed by atoms with Gasteiger partial charge in [-0.3, -0.25) is 4.90 Å². The van der Waals surface area contributed by atoms with Gasteiger partial charge in [0.05, 0.1) is 26.3 Å². The van der Waals surface area contributed by atoms with Crippen molar-refractivity contribution in [3.8, 4) is 5.75 Å². The first-order valence-corrected chi connectivity index (χ1v) is 14.3. The number of rotatable bonds is 7. The zero-order chi connectivity index (χ0) is 22.8. The van der Waals surface area contributed by atoms with Crippen molar-refractivity contribution in [2.45, 2.75) is 51.5 Å². The number of hydrogen-bond donors (Lipinski definition) is 0. The van der Waals surface area contributed by atoms with Crippen LogP contribution >= 0.6 is 15.9 Å². The monoisotopic (exact) mass is 504 g/mol. The summed E-state index contributed by atoms with van der Waals surface area (Å²) in [4.78, 5) is 17.2. The summed E-state index contributed by atoms with van der Waals surface area (Å²) in [5, 5.41) is 0.124. The smallest absolute Gasteiger partial charge is 0.325 e. The van der Waals surface area contributed by atoms with E-state index in [1.807, 2.05) is 58.3 Å². The first-order chi connectivity index (χ1) is 14.5. The number of nitrogens with zero attached hydrogens (tertiary/aromatic N) is 2. The zero-order valence-electron chi connectivity index (χ0n) is 19.3. The van der Waals surface area contributed by atoms with Crippen LogP contribution in [0.25, 0.3) is 0 Å². The van der Waals surface area contributed by atoms with E-state index in [0.29, 0.717) is 19.7 Å². The molecule has 5 nitrogen and oxygen atoms in total. The lowest BCUT2D eigenvalue weighted by atomic mass is 10.2. The van der Waals surface area contributed by atoms with Gasteiger partial charge in [0.1, 0.15) is 5.75 Å². The van der Waals surface area contributed by atoms with Crippen molar-refractivity contribution < 1.29 is 14.0 Å². The van der Waals surface area contributed by atoms with Gasteiger partial charge in [0.2, 0.25) is 0 Å². The average Bonchev–Trinajstić information content (AvgIpc) is 3.02. The largest absolute Gasteiger partial charge is 0.497 e. The molecular weight excluding hydrogens is 472 g/mol. The van der Waals surface area contributed by atoms with Crippen LogP contribution in [0.5, 0.6) is 5.75 Å². The van der Waals surface area contributed by atoms with Gasteiger partial charge in [-0.05, 0) is 60.1 Å². The molecule has 1 unspecified atom stereocenters. The summed E-state index contributed by atoms with van der Waals surface area (Å²) in [6.45, 7) is 12.9. The minimum atomic E-state index is -1.92. The van der Waals surface area contributed by atoms with E-state index in [1.54, 1.807) is 7.11 Å². The lowest BCUT2D eigenvalue weighted by Gasteiger charge is -2.37. The number of halogens is 1. The third-order valence-electron chi connectivity index (χ3n) is 6.38. The van der Waals surface area contributed by atoms with Crippen LogP contribution in [0.1, 0.15) is 26.3 Å². The molecule has 0 bridgehead atoms. The van der Waals surface area contributed by atoms with Crippen LogP contribution < -0.4 is 9.64 Å². The molecule has 2 aromatic rings. The summed E-state index contributed by atoms with van der Waals surface area (Å²) in [6, 6.07) is 15.8. The summed E-state index contributed by atoms with van der Waals surface area (Å²) >= 11 is 3.47. The number of amides is 2. The fraction of sp³-hybridized carbons (Fsp3) is 0.458. The summed E-state index contributed by atoms with van der Waals surface area (Å²) in [6.07, 6.45) is 0. The number of carbonyl (C=O) groups excluding carboxylic acids is 1. The molecule has 1 fully saturated rings. The molecule has 31 heavy (non-hydrogen) atoms. The van der Waals surface area contributed by atoms with Gasteiger partial charge in [-0.15, -0.1) is 0 Å². The Morgan fingerprint density at radius 3 is 2.42 bits per heavy atom. The summed E-state index contributed by atoms with van der Waals surface area (Å²) in [5.74, 6) is 0.794. The van der Waals surface area contributed by atoms with Gasteiger partial charge in [0.15, 0.2) is 8.32 Å². The van der Waals surface area contributed by atoms with E-state index in [0.717, 1.165) is 21.5 Å². The van der Waals surface area contributed by atoms with Crippen LogP contribution in [-0.4, -0.2) is 45.6 Å². The van der Waals surface area contributed by atoms with Gasteiger partial charge >= 0.3 is 6.03 Å². The van der Waals surface area contributed by atoms with Crippen LogP contribution in [0.4, 0.5) is 10.5 Å². The minimum Gasteiger partial charge on any atom is -0.497 e. The van der Waals surface area contributed by atoms with Crippen LogP contribution in [0.2, 0.25) is 18.1 Å². The molecule has 0 radical (unpaired) electrons. The molecule has 1 atom stereocenters. The molecule has 1 aliphatic heterocycles. The molecule has 3 rings (SSSR count). The van der Waals surface area contributed by atoms with Crippen molar-refractivity contribution in [1.82, 2.24) is 4.90 Å². The van der Waals surface area contributed by atoms with E-state index in [1.165, 1.54) is 0 Å². The van der Waals surface area contributed by atoms with E-state index in [4.69, 9.17) is 9.16 Å². The highest BCUT2D eigenvalue weighted by Crippen LogP contribution is 2.37. The van der Waals surface area contributed by atoms with Crippen LogP contribution in [0.15, 0.2) is 53.0 Å². The van der Waals surface area contributed by atoms with Gasteiger partial charge in [0.25, 0.3) is 0 Å². The Morgan fingerprint density at radius 1 is 1.13 bits per heavy atom. The van der Waals surface area contributed by atoms with E-state index in [-0.39, 0.29) is 17.1 Å². The van der Waals surface area contributed by atoms with Gasteiger partial charge in [-0.2, -0.15) is 0 Å². The highest BCUT2D eigenvalue weighted by Gasteiger charge is 2.42. The van der Waals surface area contributed by atoms with Crippen LogP contribution in [-0.2, 0) is 11.0 Å². The SMILES string of the molecule is COc1cccc(CN2C(=O)N(c3ccc(Br)cc3)CC2CO[Si](C)(C)C(C)(C)C)c1. The molecule has 2 aromatic carbocycles. The number of benzene rings is 2. The third kappa shape index (κ3) is 5.51. The topological polar surface area (TPSA) is 42.0 Å². The number of ether oxygens (including phenoxy) is 1. The quantitative estimate of drug-likeness (QED) is 0.416. The van der Waals surface area contributed by atoms with Crippen molar-refractivity contribution in [3.05, 3.63) is 58.6 Å². The van der Waals surface area contributed by atoms with E-state index in [9.17, 15) is 4.79 Å². The molecule has 0 aliphatic carbocycles. The second-order valence-corrected chi connectivity index (χ2v) is 15.3. The Bertz CT molecular complexity index is 912. The summed E-state index contributed by atoms with van der Waals surface area (Å²) in [7, 11) is -0.264. The average molecular weight is 506 g/mol. The highest BCUT2D eigenvalue weighted by molar-refractivity contribution is 9.10. The number of urea groups is 1. The van der Waals surface area contributed by atoms with Crippen LogP contribution in [0.3, 0.4) is 0 Å². The molecule has 0 N–H and O–H groups in total. The standard InChI is InChI=1S/C24H33BrN2O3Si/c1-24(2,3)31(5,6)30-17-21-16-27(20-12-10-19(25)11-13-20)23(28)26(21)15-18-8-7-9-22(14-18)29-4/h7-14,21H,15-17H2,1-6H3. The number of hydrogen-bond acceptors (Lipinski definition) is 3. The molecule has 2 amide bonds. The van der Waals surface area contributed by atoms with Gasteiger partial charge in [-0.25, -0.2) is 4.79 Å². The Kier molecular flexibility index (Phi) is 7.18. The Hall–Kier alpha value is -1.83. The molecule has 7 heteroatoms. The predicted octanol–water partition coefficient (Wildman–Crippen LogP) is 6.29. The summed E-state index contributed by atoms with van der Waals surface area (Å²) in [5.41, 5.74) is 1.95. The molecule has 0 aromatic heterocycles. The first-order valence-electron chi connectivity index (χ1n) is 10.6. The van der Waals surface area contributed by atoms with Gasteiger partial charge in [-0.1, -0.05) is 48.8 Å². The number of anilines is 1. The van der Waals surface area contributed by atoms with Crippen molar-refractivity contribution in [1.29, 1.82) is 0 Å². The molecular formula is C24H33BrN2O3Si. The lowest BCUT2D eigenvalue weighted by molar-refractivity contribution is 0.164. The fourth-order valence-corrected chi connectivity index (χ4v) is 4.67. The van der Waals surface area contributed by atoms with E-state index in [2.05, 4.69) is 49.8 Å². The third-order valence-corrected chi connectivity index (χ3v) is 11.4. The van der Waals surface area contributed by atoms with Crippen molar-refractivity contribution in [3.63, 3.8) is 0 Å². The fourth-order valence-electron chi connectivity index (χ4n) is 3.36. The van der Waals surface area contributed by atoms with E-state index >= 15 is 0 Å². The van der Waals surface area contributed by atoms with Crippen LogP contribution in [0, 0.1) is 0 Å². The van der Waals surface area contributed by atoms with Gasteiger partial charge in [0, 0.05) is 16.7 Å². The minimum absolute atomic E-state index is 0.00831. The van der Waals surface area contributed by atoms with Gasteiger partial charge < -0.3 is 14.1 Å². The van der Waals surface area contributed by atoms with Crippen molar-refractivity contribution >= 4 is 36.0 Å². The zero-order valence-corrected chi connectivity index (χ0v) is 21.9. The summed E-state index contributed by atoms with van der Waals surface area (Å²) < 4.78 is 12.9. The Labute approximate surface area is 195 Å². The second-order valence-electron chi connectivity index (χ2n) is 9.57. The van der Waals surface area contributed by atoms with Crippen molar-refractivity contribution in [2.75, 3.05) is 25.2 Å². The highest BCUT2D eigenvalue weighted by atomic mass is 79.9. The Morgan fingerprint density at radius 2 is 1.81 bits per heavy atom. The molecule has 1 aliphatic rings.